The molecule has 0 bridgehead atoms. The van der Waals surface area contributed by atoms with Crippen molar-refractivity contribution in [1.82, 2.24) is 9.80 Å². The van der Waals surface area contributed by atoms with Gasteiger partial charge >= 0.3 is 0 Å². The van der Waals surface area contributed by atoms with Gasteiger partial charge in [-0.05, 0) is 69.3 Å². The first-order valence-electron chi connectivity index (χ1n) is 9.48. The van der Waals surface area contributed by atoms with E-state index in [9.17, 15) is 4.79 Å². The summed E-state index contributed by atoms with van der Waals surface area (Å²) in [6.07, 6.45) is 8.15. The van der Waals surface area contributed by atoms with E-state index < -0.39 is 0 Å². The van der Waals surface area contributed by atoms with Crippen molar-refractivity contribution in [2.24, 2.45) is 0 Å². The second-order valence-electron chi connectivity index (χ2n) is 7.73. The van der Waals surface area contributed by atoms with Crippen LogP contribution in [0.1, 0.15) is 50.5 Å². The third-order valence-corrected chi connectivity index (χ3v) is 6.61. The number of carbonyl (C=O) groups is 1. The van der Waals surface area contributed by atoms with Crippen LogP contribution in [0.5, 0.6) is 0 Å². The molecule has 24 heavy (non-hydrogen) atoms. The maximum Gasteiger partial charge on any atom is 0.233 e. The Morgan fingerprint density at radius 3 is 2.33 bits per heavy atom. The van der Waals surface area contributed by atoms with Crippen LogP contribution in [0.2, 0.25) is 5.02 Å². The van der Waals surface area contributed by atoms with E-state index in [2.05, 4.69) is 21.9 Å². The molecule has 3 fully saturated rings. The van der Waals surface area contributed by atoms with Gasteiger partial charge in [-0.3, -0.25) is 9.69 Å². The van der Waals surface area contributed by atoms with E-state index in [4.69, 9.17) is 11.6 Å². The zero-order valence-corrected chi connectivity index (χ0v) is 15.1. The minimum absolute atomic E-state index is 0.280. The lowest BCUT2D eigenvalue weighted by atomic mass is 9.63. The molecule has 0 aromatic heterocycles. The summed E-state index contributed by atoms with van der Waals surface area (Å²) >= 11 is 6.04. The molecule has 1 amide bonds. The Labute approximate surface area is 150 Å². The van der Waals surface area contributed by atoms with Crippen molar-refractivity contribution in [3.05, 3.63) is 34.9 Å². The molecule has 1 aromatic carbocycles. The van der Waals surface area contributed by atoms with Gasteiger partial charge in [0.05, 0.1) is 5.41 Å². The van der Waals surface area contributed by atoms with Crippen molar-refractivity contribution in [1.29, 1.82) is 0 Å². The molecule has 1 atom stereocenters. The minimum Gasteiger partial charge on any atom is -0.340 e. The van der Waals surface area contributed by atoms with Crippen LogP contribution in [0.3, 0.4) is 0 Å². The SMILES string of the molecule is O=C(N1CCC[C@@H](N2CCCC2)C1)C1(c2ccc(Cl)cc2)CCC1. The molecule has 1 aromatic rings. The van der Waals surface area contributed by atoms with Gasteiger partial charge in [-0.25, -0.2) is 0 Å². The molecule has 0 radical (unpaired) electrons. The number of carbonyl (C=O) groups excluding carboxylic acids is 1. The van der Waals surface area contributed by atoms with Gasteiger partial charge in [-0.15, -0.1) is 0 Å². The summed E-state index contributed by atoms with van der Waals surface area (Å²) in [6, 6.07) is 8.54. The van der Waals surface area contributed by atoms with Crippen molar-refractivity contribution < 1.29 is 4.79 Å². The van der Waals surface area contributed by atoms with Gasteiger partial charge in [0.25, 0.3) is 0 Å². The van der Waals surface area contributed by atoms with E-state index in [0.717, 1.165) is 49.4 Å². The van der Waals surface area contributed by atoms with E-state index in [1.165, 1.54) is 32.4 Å². The summed E-state index contributed by atoms with van der Waals surface area (Å²) in [4.78, 5) is 18.2. The predicted molar refractivity (Wildman–Crippen MR) is 97.4 cm³/mol. The molecular weight excluding hydrogens is 320 g/mol. The first kappa shape index (κ1) is 16.4. The van der Waals surface area contributed by atoms with E-state index in [0.29, 0.717) is 11.9 Å². The van der Waals surface area contributed by atoms with Crippen LogP contribution in [-0.2, 0) is 10.2 Å². The fraction of sp³-hybridized carbons (Fsp3) is 0.650. The molecule has 3 aliphatic rings. The summed E-state index contributed by atoms with van der Waals surface area (Å²) in [5, 5.41) is 0.743. The van der Waals surface area contributed by atoms with Crippen LogP contribution >= 0.6 is 11.6 Å². The summed E-state index contributed by atoms with van der Waals surface area (Å²) in [6.45, 7) is 4.29. The topological polar surface area (TPSA) is 23.6 Å². The normalized spacial score (nSPS) is 27.0. The van der Waals surface area contributed by atoms with Crippen LogP contribution in [0.15, 0.2) is 24.3 Å². The van der Waals surface area contributed by atoms with E-state index in [1.54, 1.807) is 0 Å². The van der Waals surface area contributed by atoms with Gasteiger partial charge in [0, 0.05) is 24.2 Å². The lowest BCUT2D eigenvalue weighted by Gasteiger charge is -2.47. The maximum atomic E-state index is 13.4. The number of amides is 1. The minimum atomic E-state index is -0.280. The van der Waals surface area contributed by atoms with Crippen LogP contribution in [0.25, 0.3) is 0 Å². The second kappa shape index (κ2) is 6.68. The van der Waals surface area contributed by atoms with Crippen LogP contribution in [-0.4, -0.2) is 47.9 Å². The average molecular weight is 347 g/mol. The summed E-state index contributed by atoms with van der Waals surface area (Å²) in [7, 11) is 0. The van der Waals surface area contributed by atoms with Gasteiger partial charge < -0.3 is 4.90 Å². The number of likely N-dealkylation sites (tertiary alicyclic amines) is 2. The van der Waals surface area contributed by atoms with Crippen molar-refractivity contribution in [2.45, 2.75) is 56.4 Å². The second-order valence-corrected chi connectivity index (χ2v) is 8.17. The number of piperidine rings is 1. The predicted octanol–water partition coefficient (Wildman–Crippen LogP) is 3.85. The van der Waals surface area contributed by atoms with Gasteiger partial charge in [0.1, 0.15) is 0 Å². The number of rotatable bonds is 3. The highest BCUT2D eigenvalue weighted by molar-refractivity contribution is 6.30. The number of hydrogen-bond donors (Lipinski definition) is 0. The Morgan fingerprint density at radius 2 is 1.71 bits per heavy atom. The Bertz CT molecular complexity index is 590. The average Bonchev–Trinajstić information content (AvgIpc) is 3.10. The monoisotopic (exact) mass is 346 g/mol. The third-order valence-electron chi connectivity index (χ3n) is 6.35. The van der Waals surface area contributed by atoms with E-state index >= 15 is 0 Å². The molecule has 2 aliphatic heterocycles. The fourth-order valence-corrected chi connectivity index (χ4v) is 4.90. The summed E-state index contributed by atoms with van der Waals surface area (Å²) in [5.41, 5.74) is 0.878. The van der Waals surface area contributed by atoms with Crippen molar-refractivity contribution >= 4 is 17.5 Å². The lowest BCUT2D eigenvalue weighted by Crippen LogP contribution is -2.56. The van der Waals surface area contributed by atoms with Crippen molar-refractivity contribution in [3.8, 4) is 0 Å². The van der Waals surface area contributed by atoms with Gasteiger partial charge in [-0.1, -0.05) is 30.2 Å². The first-order chi connectivity index (χ1) is 11.7. The van der Waals surface area contributed by atoms with E-state index in [1.807, 2.05) is 12.1 Å². The molecule has 1 aliphatic carbocycles. The largest absolute Gasteiger partial charge is 0.340 e. The Hall–Kier alpha value is -1.06. The Kier molecular flexibility index (Phi) is 4.57. The van der Waals surface area contributed by atoms with Crippen molar-refractivity contribution in [3.63, 3.8) is 0 Å². The summed E-state index contributed by atoms with van der Waals surface area (Å²) < 4.78 is 0. The quantitative estimate of drug-likeness (QED) is 0.830. The molecule has 130 valence electrons. The Balaban J connectivity index is 1.51. The first-order valence-corrected chi connectivity index (χ1v) is 9.86. The molecule has 3 nitrogen and oxygen atoms in total. The molecule has 4 heteroatoms. The zero-order chi connectivity index (χ0) is 16.6. The highest BCUT2D eigenvalue weighted by Crippen LogP contribution is 2.46. The molecule has 2 heterocycles. The smallest absolute Gasteiger partial charge is 0.233 e. The van der Waals surface area contributed by atoms with Gasteiger partial charge in [0.2, 0.25) is 5.91 Å². The lowest BCUT2D eigenvalue weighted by molar-refractivity contribution is -0.143. The summed E-state index contributed by atoms with van der Waals surface area (Å²) in [5.74, 6) is 0.361. The van der Waals surface area contributed by atoms with Crippen LogP contribution in [0, 0.1) is 0 Å². The van der Waals surface area contributed by atoms with Crippen LogP contribution in [0.4, 0.5) is 0 Å². The van der Waals surface area contributed by atoms with Gasteiger partial charge in [0.15, 0.2) is 0 Å². The van der Waals surface area contributed by atoms with Crippen molar-refractivity contribution in [2.75, 3.05) is 26.2 Å². The standard InChI is InChI=1S/C20H27ClN2O/c21-17-8-6-16(7-9-17)20(10-4-11-20)19(24)23-14-3-5-18(15-23)22-12-1-2-13-22/h6-9,18H,1-5,10-15H2/t18-/m1/s1. The number of benzene rings is 1. The molecule has 0 unspecified atom stereocenters. The molecule has 2 saturated heterocycles. The highest BCUT2D eigenvalue weighted by atomic mass is 35.5. The fourth-order valence-electron chi connectivity index (χ4n) is 4.77. The molecule has 0 spiro atoms. The van der Waals surface area contributed by atoms with E-state index in [-0.39, 0.29) is 5.41 Å². The number of nitrogens with zero attached hydrogens (tertiary/aromatic N) is 2. The molecular formula is C20H27ClN2O. The maximum absolute atomic E-state index is 13.4. The molecule has 0 N–H and O–H groups in total. The molecule has 1 saturated carbocycles. The van der Waals surface area contributed by atoms with Gasteiger partial charge in [-0.2, -0.15) is 0 Å². The highest BCUT2D eigenvalue weighted by Gasteiger charge is 2.48. The molecule has 4 rings (SSSR count). The number of hydrogen-bond acceptors (Lipinski definition) is 2. The van der Waals surface area contributed by atoms with Crippen LogP contribution < -0.4 is 0 Å². The zero-order valence-electron chi connectivity index (χ0n) is 14.3. The number of halogens is 1. The Morgan fingerprint density at radius 1 is 1.00 bits per heavy atom. The third kappa shape index (κ3) is 2.86.